The van der Waals surface area contributed by atoms with Crippen LogP contribution in [0.3, 0.4) is 0 Å². The molecule has 0 aliphatic heterocycles. The van der Waals surface area contributed by atoms with Gasteiger partial charge in [-0.25, -0.2) is 0 Å². The Hall–Kier alpha value is -1.47. The van der Waals surface area contributed by atoms with Gasteiger partial charge in [-0.05, 0) is 23.6 Å². The van der Waals surface area contributed by atoms with E-state index >= 15 is 0 Å². The van der Waals surface area contributed by atoms with E-state index in [9.17, 15) is 0 Å². The van der Waals surface area contributed by atoms with Gasteiger partial charge < -0.3 is 0 Å². The first-order valence-electron chi connectivity index (χ1n) is 6.26. The third kappa shape index (κ3) is 3.78. The van der Waals surface area contributed by atoms with Crippen molar-refractivity contribution in [3.8, 4) is 0 Å². The van der Waals surface area contributed by atoms with E-state index in [1.807, 2.05) is 11.8 Å². The standard InChI is InChI=1S/C17H18S/c1-14(2)13-17(15-9-5-3-6-10-15)18-16-11-7-4-8-12-16/h3-14H,1-2H3/b17-13+. The number of rotatable bonds is 4. The summed E-state index contributed by atoms with van der Waals surface area (Å²) in [6.45, 7) is 4.43. The lowest BCUT2D eigenvalue weighted by atomic mass is 10.1. The van der Waals surface area contributed by atoms with Crippen molar-refractivity contribution in [1.82, 2.24) is 0 Å². The van der Waals surface area contributed by atoms with Crippen LogP contribution in [0.4, 0.5) is 0 Å². The van der Waals surface area contributed by atoms with Crippen molar-refractivity contribution in [3.05, 3.63) is 72.3 Å². The molecule has 0 heterocycles. The summed E-state index contributed by atoms with van der Waals surface area (Å²) in [5, 5.41) is 0. The lowest BCUT2D eigenvalue weighted by molar-refractivity contribution is 0.835. The van der Waals surface area contributed by atoms with Gasteiger partial charge in [-0.3, -0.25) is 0 Å². The molecule has 1 heteroatoms. The minimum atomic E-state index is 0.552. The van der Waals surface area contributed by atoms with Gasteiger partial charge >= 0.3 is 0 Å². The smallest absolute Gasteiger partial charge is 0.0157 e. The van der Waals surface area contributed by atoms with E-state index in [0.29, 0.717) is 5.92 Å². The minimum Gasteiger partial charge on any atom is -0.0898 e. The molecule has 0 unspecified atom stereocenters. The van der Waals surface area contributed by atoms with Gasteiger partial charge in [0, 0.05) is 9.80 Å². The molecule has 2 rings (SSSR count). The van der Waals surface area contributed by atoms with E-state index < -0.39 is 0 Å². The zero-order valence-electron chi connectivity index (χ0n) is 10.8. The highest BCUT2D eigenvalue weighted by Crippen LogP contribution is 2.34. The Labute approximate surface area is 114 Å². The Bertz CT molecular complexity index is 498. The molecule has 0 saturated heterocycles. The number of hydrogen-bond acceptors (Lipinski definition) is 1. The summed E-state index contributed by atoms with van der Waals surface area (Å²) >= 11 is 1.83. The van der Waals surface area contributed by atoms with Gasteiger partial charge in [0.1, 0.15) is 0 Å². The van der Waals surface area contributed by atoms with Crippen LogP contribution < -0.4 is 0 Å². The first-order chi connectivity index (χ1) is 8.75. The summed E-state index contributed by atoms with van der Waals surface area (Å²) in [5.74, 6) is 0.552. The molecular formula is C17H18S. The summed E-state index contributed by atoms with van der Waals surface area (Å²) in [6.07, 6.45) is 2.33. The molecule has 0 spiro atoms. The van der Waals surface area contributed by atoms with Gasteiger partial charge in [0.25, 0.3) is 0 Å². The van der Waals surface area contributed by atoms with Gasteiger partial charge in [0.15, 0.2) is 0 Å². The Morgan fingerprint density at radius 2 is 1.44 bits per heavy atom. The van der Waals surface area contributed by atoms with Crippen LogP contribution in [0.2, 0.25) is 0 Å². The van der Waals surface area contributed by atoms with Crippen LogP contribution in [0.15, 0.2) is 71.6 Å². The molecule has 0 aliphatic carbocycles. The van der Waals surface area contributed by atoms with E-state index in [1.165, 1.54) is 15.4 Å². The molecule has 0 aliphatic rings. The largest absolute Gasteiger partial charge is 0.0898 e. The Morgan fingerprint density at radius 3 is 2.00 bits per heavy atom. The second kappa shape index (κ2) is 6.46. The van der Waals surface area contributed by atoms with E-state index in [1.54, 1.807) is 0 Å². The van der Waals surface area contributed by atoms with E-state index in [0.717, 1.165) is 0 Å². The van der Waals surface area contributed by atoms with Gasteiger partial charge in [-0.2, -0.15) is 0 Å². The highest BCUT2D eigenvalue weighted by Gasteiger charge is 2.04. The summed E-state index contributed by atoms with van der Waals surface area (Å²) in [5.41, 5.74) is 1.29. The van der Waals surface area contributed by atoms with Crippen molar-refractivity contribution in [1.29, 1.82) is 0 Å². The van der Waals surface area contributed by atoms with Crippen LogP contribution in [-0.2, 0) is 0 Å². The summed E-state index contributed by atoms with van der Waals surface area (Å²) < 4.78 is 0. The third-order valence-electron chi connectivity index (χ3n) is 2.51. The van der Waals surface area contributed by atoms with Crippen molar-refractivity contribution in [2.24, 2.45) is 5.92 Å². The predicted octanol–water partition coefficient (Wildman–Crippen LogP) is 5.48. The third-order valence-corrected chi connectivity index (χ3v) is 3.61. The van der Waals surface area contributed by atoms with Crippen molar-refractivity contribution >= 4 is 16.7 Å². The van der Waals surface area contributed by atoms with Crippen LogP contribution in [0, 0.1) is 5.92 Å². The number of thioether (sulfide) groups is 1. The molecule has 0 bridgehead atoms. The fourth-order valence-corrected chi connectivity index (χ4v) is 2.85. The maximum atomic E-state index is 2.33. The molecule has 0 radical (unpaired) electrons. The van der Waals surface area contributed by atoms with Gasteiger partial charge in [-0.15, -0.1) is 0 Å². The Morgan fingerprint density at radius 1 is 0.889 bits per heavy atom. The quantitative estimate of drug-likeness (QED) is 0.651. The highest BCUT2D eigenvalue weighted by atomic mass is 32.2. The van der Waals surface area contributed by atoms with Gasteiger partial charge in [-0.1, -0.05) is 80.2 Å². The Balaban J connectivity index is 2.28. The van der Waals surface area contributed by atoms with Crippen LogP contribution >= 0.6 is 11.8 Å². The predicted molar refractivity (Wildman–Crippen MR) is 81.6 cm³/mol. The van der Waals surface area contributed by atoms with Crippen molar-refractivity contribution in [2.45, 2.75) is 18.7 Å². The molecule has 0 nitrogen and oxygen atoms in total. The Kier molecular flexibility index (Phi) is 4.66. The zero-order chi connectivity index (χ0) is 12.8. The van der Waals surface area contributed by atoms with Gasteiger partial charge in [0.05, 0.1) is 0 Å². The minimum absolute atomic E-state index is 0.552. The maximum Gasteiger partial charge on any atom is 0.0157 e. The molecule has 0 saturated carbocycles. The highest BCUT2D eigenvalue weighted by molar-refractivity contribution is 8.08. The molecule has 2 aromatic carbocycles. The topological polar surface area (TPSA) is 0 Å². The molecule has 0 atom stereocenters. The first kappa shape index (κ1) is 13.0. The molecule has 0 amide bonds. The molecule has 92 valence electrons. The van der Waals surface area contributed by atoms with Crippen molar-refractivity contribution < 1.29 is 0 Å². The van der Waals surface area contributed by atoms with E-state index in [-0.39, 0.29) is 0 Å². The maximum absolute atomic E-state index is 2.33. The average molecular weight is 254 g/mol. The molecular weight excluding hydrogens is 236 g/mol. The normalized spacial score (nSPS) is 11.8. The summed E-state index contributed by atoms with van der Waals surface area (Å²) in [4.78, 5) is 2.62. The average Bonchev–Trinajstić information content (AvgIpc) is 2.40. The van der Waals surface area contributed by atoms with Gasteiger partial charge in [0.2, 0.25) is 0 Å². The van der Waals surface area contributed by atoms with E-state index in [4.69, 9.17) is 0 Å². The zero-order valence-corrected chi connectivity index (χ0v) is 11.7. The SMILES string of the molecule is CC(C)/C=C(/Sc1ccccc1)c1ccccc1. The molecule has 0 N–H and O–H groups in total. The monoisotopic (exact) mass is 254 g/mol. The molecule has 0 aromatic heterocycles. The lowest BCUT2D eigenvalue weighted by Gasteiger charge is -2.09. The second-order valence-corrected chi connectivity index (χ2v) is 5.67. The number of allylic oxidation sites excluding steroid dienone is 1. The van der Waals surface area contributed by atoms with Crippen LogP contribution in [0.25, 0.3) is 4.91 Å². The van der Waals surface area contributed by atoms with Crippen LogP contribution in [-0.4, -0.2) is 0 Å². The number of benzene rings is 2. The van der Waals surface area contributed by atoms with Crippen LogP contribution in [0.5, 0.6) is 0 Å². The molecule has 0 fully saturated rings. The fourth-order valence-electron chi connectivity index (χ4n) is 1.71. The van der Waals surface area contributed by atoms with Crippen LogP contribution in [0.1, 0.15) is 19.4 Å². The molecule has 2 aromatic rings. The number of hydrogen-bond donors (Lipinski definition) is 0. The summed E-state index contributed by atoms with van der Waals surface area (Å²) in [7, 11) is 0. The lowest BCUT2D eigenvalue weighted by Crippen LogP contribution is -1.85. The van der Waals surface area contributed by atoms with Crippen molar-refractivity contribution in [3.63, 3.8) is 0 Å². The van der Waals surface area contributed by atoms with E-state index in [2.05, 4.69) is 80.6 Å². The summed E-state index contributed by atoms with van der Waals surface area (Å²) in [6, 6.07) is 21.1. The second-order valence-electron chi connectivity index (χ2n) is 4.56. The fraction of sp³-hybridized carbons (Fsp3) is 0.176. The first-order valence-corrected chi connectivity index (χ1v) is 7.07. The molecule has 18 heavy (non-hydrogen) atoms. The van der Waals surface area contributed by atoms with Crippen molar-refractivity contribution in [2.75, 3.05) is 0 Å².